The molecular weight excluding hydrogens is 648 g/mol. The number of aromatic hydroxyl groups is 1. The summed E-state index contributed by atoms with van der Waals surface area (Å²) in [6, 6.07) is 8.96. The molecule has 0 saturated carbocycles. The average molecular weight is 692 g/mol. The molecule has 0 aromatic heterocycles. The molecule has 0 spiro atoms. The number of ether oxygens (including phenoxy) is 2. The number of carbonyl (C=O) groups excluding carboxylic acids is 4. The zero-order chi connectivity index (χ0) is 33.0. The van der Waals surface area contributed by atoms with Gasteiger partial charge in [-0.2, -0.15) is 0 Å². The van der Waals surface area contributed by atoms with Gasteiger partial charge in [0.15, 0.2) is 0 Å². The molecule has 2 aromatic rings. The van der Waals surface area contributed by atoms with Gasteiger partial charge in [-0.05, 0) is 75.5 Å². The van der Waals surface area contributed by atoms with Gasteiger partial charge in [0.1, 0.15) is 23.1 Å². The van der Waals surface area contributed by atoms with Crippen LogP contribution < -0.4 is 10.2 Å². The quantitative estimate of drug-likeness (QED) is 0.143. The van der Waals surface area contributed by atoms with E-state index in [0.29, 0.717) is 40.6 Å². The molecule has 10 nitrogen and oxygen atoms in total. The lowest BCUT2D eigenvalue weighted by atomic mass is 9.96. The van der Waals surface area contributed by atoms with E-state index in [1.54, 1.807) is 24.3 Å². The van der Waals surface area contributed by atoms with Crippen LogP contribution in [0.1, 0.15) is 85.2 Å². The molecule has 240 valence electrons. The summed E-state index contributed by atoms with van der Waals surface area (Å²) in [6.45, 7) is 12.2. The first kappa shape index (κ1) is 35.1. The second-order valence-electron chi connectivity index (χ2n) is 12.8. The van der Waals surface area contributed by atoms with Crippen molar-refractivity contribution in [1.29, 1.82) is 0 Å². The van der Waals surface area contributed by atoms with E-state index >= 15 is 0 Å². The van der Waals surface area contributed by atoms with Gasteiger partial charge in [-0.25, -0.2) is 4.79 Å². The number of phenolic OH excluding ortho intramolecular Hbond substituents is 1. The van der Waals surface area contributed by atoms with Gasteiger partial charge in [0.25, 0.3) is 14.2 Å². The number of nitrogens with two attached hydrogens (primary N) is 1. The fourth-order valence-electron chi connectivity index (χ4n) is 5.13. The number of fused-ring (bicyclic) bond motifs is 1. The second-order valence-corrected chi connectivity index (χ2v) is 18.0. The fourth-order valence-corrected chi connectivity index (χ4v) is 7.46. The molecule has 12 heteroatoms. The van der Waals surface area contributed by atoms with Crippen LogP contribution in [-0.2, 0) is 30.9 Å². The molecule has 0 fully saturated rings. The van der Waals surface area contributed by atoms with Gasteiger partial charge in [-0.15, -0.1) is 0 Å². The van der Waals surface area contributed by atoms with E-state index < -0.39 is 43.7 Å². The van der Waals surface area contributed by atoms with Crippen molar-refractivity contribution in [2.45, 2.75) is 95.0 Å². The van der Waals surface area contributed by atoms with Gasteiger partial charge in [-0.3, -0.25) is 14.4 Å². The van der Waals surface area contributed by atoms with Crippen molar-refractivity contribution < 1.29 is 38.2 Å². The maximum absolute atomic E-state index is 12.9. The Balaban J connectivity index is 1.61. The monoisotopic (exact) mass is 690 g/mol. The Morgan fingerprint density at radius 2 is 1.75 bits per heavy atom. The third-order valence-electron chi connectivity index (χ3n) is 8.71. The summed E-state index contributed by atoms with van der Waals surface area (Å²) in [5.41, 5.74) is 6.75. The van der Waals surface area contributed by atoms with Gasteiger partial charge < -0.3 is 29.6 Å². The zero-order valence-electron chi connectivity index (χ0n) is 26.5. The maximum atomic E-state index is 12.9. The highest BCUT2D eigenvalue weighted by Gasteiger charge is 2.44. The summed E-state index contributed by atoms with van der Waals surface area (Å²) in [6.07, 6.45) is 1.14. The van der Waals surface area contributed by atoms with Crippen molar-refractivity contribution in [3.63, 3.8) is 0 Å². The van der Waals surface area contributed by atoms with Gasteiger partial charge >= 0.3 is 11.9 Å². The SMILES string of the molecule is COC(=O)c1cccc(O[Si](C)(C)C(C)(C)CCC(C)(C)OC(=O)CC[C@@H](C(N)=O)N2Cc3c(O)cccc3C2=O)c1CBr. The number of halogens is 1. The molecule has 44 heavy (non-hydrogen) atoms. The molecule has 0 aliphatic carbocycles. The van der Waals surface area contributed by atoms with E-state index in [0.717, 1.165) is 5.56 Å². The second kappa shape index (κ2) is 13.7. The first-order chi connectivity index (χ1) is 20.4. The number of amides is 2. The molecule has 1 aliphatic heterocycles. The van der Waals surface area contributed by atoms with Crippen LogP contribution >= 0.6 is 15.9 Å². The molecule has 3 N–H and O–H groups in total. The number of hydrogen-bond acceptors (Lipinski definition) is 8. The van der Waals surface area contributed by atoms with Gasteiger partial charge in [0.2, 0.25) is 5.91 Å². The van der Waals surface area contributed by atoms with Crippen molar-refractivity contribution in [1.82, 2.24) is 4.90 Å². The topological polar surface area (TPSA) is 145 Å². The predicted octanol–water partition coefficient (Wildman–Crippen LogP) is 5.83. The van der Waals surface area contributed by atoms with Crippen LogP contribution in [0.3, 0.4) is 0 Å². The highest BCUT2D eigenvalue weighted by molar-refractivity contribution is 9.08. The molecule has 0 unspecified atom stereocenters. The number of primary amides is 1. The molecule has 1 aliphatic rings. The summed E-state index contributed by atoms with van der Waals surface area (Å²) < 4.78 is 17.4. The van der Waals surface area contributed by atoms with Crippen LogP contribution in [0, 0.1) is 0 Å². The first-order valence-electron chi connectivity index (χ1n) is 14.5. The third-order valence-corrected chi connectivity index (χ3v) is 13.5. The van der Waals surface area contributed by atoms with Crippen LogP contribution in [0.5, 0.6) is 11.5 Å². The summed E-state index contributed by atoms with van der Waals surface area (Å²) in [7, 11) is -1.09. The number of phenols is 1. The van der Waals surface area contributed by atoms with E-state index in [2.05, 4.69) is 42.9 Å². The molecule has 0 saturated heterocycles. The van der Waals surface area contributed by atoms with Crippen molar-refractivity contribution in [2.24, 2.45) is 5.73 Å². The summed E-state index contributed by atoms with van der Waals surface area (Å²) in [5.74, 6) is -1.46. The standard InChI is InChI=1S/C32H43BrN2O8Si/c1-31(2,16-17-32(3,4)44(6,7)43-26-13-9-11-21(22(26)18-33)30(40)41-5)42-27(37)15-14-24(28(34)38)35-19-23-20(29(35)39)10-8-12-25(23)36/h8-13,24,36H,14-19H2,1-7H3,(H2,34,38)/t24-/m0/s1. The highest BCUT2D eigenvalue weighted by Crippen LogP contribution is 2.45. The summed E-state index contributed by atoms with van der Waals surface area (Å²) in [5, 5.41) is 10.3. The van der Waals surface area contributed by atoms with Gasteiger partial charge in [0.05, 0.1) is 19.2 Å². The molecule has 2 aromatic carbocycles. The summed E-state index contributed by atoms with van der Waals surface area (Å²) >= 11 is 3.48. The number of esters is 2. The van der Waals surface area contributed by atoms with Crippen LogP contribution in [0.25, 0.3) is 0 Å². The zero-order valence-corrected chi connectivity index (χ0v) is 29.1. The first-order valence-corrected chi connectivity index (χ1v) is 18.6. The van der Waals surface area contributed by atoms with Crippen LogP contribution in [0.4, 0.5) is 0 Å². The fraction of sp³-hybridized carbons (Fsp3) is 0.500. The highest BCUT2D eigenvalue weighted by atomic mass is 79.9. The number of methoxy groups -OCH3 is 1. The van der Waals surface area contributed by atoms with Crippen molar-refractivity contribution in [3.8, 4) is 11.5 Å². The van der Waals surface area contributed by atoms with Crippen LogP contribution in [0.2, 0.25) is 18.1 Å². The van der Waals surface area contributed by atoms with E-state index in [9.17, 15) is 24.3 Å². The van der Waals surface area contributed by atoms with Crippen molar-refractivity contribution >= 4 is 48.0 Å². The number of alkyl halides is 1. The Morgan fingerprint density at radius 1 is 1.09 bits per heavy atom. The lowest BCUT2D eigenvalue weighted by Gasteiger charge is -2.41. The van der Waals surface area contributed by atoms with Gasteiger partial charge in [-0.1, -0.05) is 41.9 Å². The van der Waals surface area contributed by atoms with E-state index in [1.165, 1.54) is 18.1 Å². The maximum Gasteiger partial charge on any atom is 0.338 e. The third kappa shape index (κ3) is 7.82. The Bertz CT molecular complexity index is 1420. The lowest BCUT2D eigenvalue weighted by molar-refractivity contribution is -0.157. The molecule has 1 atom stereocenters. The smallest absolute Gasteiger partial charge is 0.338 e. The van der Waals surface area contributed by atoms with Crippen molar-refractivity contribution in [3.05, 3.63) is 58.7 Å². The number of rotatable bonds is 14. The minimum atomic E-state index is -2.44. The van der Waals surface area contributed by atoms with Crippen LogP contribution in [-0.4, -0.2) is 60.8 Å². The Morgan fingerprint density at radius 3 is 2.34 bits per heavy atom. The normalized spacial score (nSPS) is 14.2. The molecule has 0 bridgehead atoms. The lowest BCUT2D eigenvalue weighted by Crippen LogP contribution is -2.46. The Hall–Kier alpha value is -3.38. The number of benzene rings is 2. The van der Waals surface area contributed by atoms with Gasteiger partial charge in [0, 0.05) is 28.4 Å². The number of carbonyl (C=O) groups is 4. The largest absolute Gasteiger partial charge is 0.543 e. The average Bonchev–Trinajstić information content (AvgIpc) is 3.28. The molecule has 1 heterocycles. The number of hydrogen-bond donors (Lipinski definition) is 2. The molecule has 0 radical (unpaired) electrons. The number of nitrogens with zero attached hydrogens (tertiary/aromatic N) is 1. The predicted molar refractivity (Wildman–Crippen MR) is 172 cm³/mol. The minimum Gasteiger partial charge on any atom is -0.543 e. The molecule has 2 amide bonds. The Kier molecular flexibility index (Phi) is 10.9. The van der Waals surface area contributed by atoms with E-state index in [4.69, 9.17) is 19.6 Å². The minimum absolute atomic E-state index is 0.00452. The molecule has 3 rings (SSSR count). The van der Waals surface area contributed by atoms with E-state index in [-0.39, 0.29) is 30.2 Å². The Labute approximate surface area is 268 Å². The summed E-state index contributed by atoms with van der Waals surface area (Å²) in [4.78, 5) is 51.7. The molecular formula is C32H43BrN2O8Si. The van der Waals surface area contributed by atoms with Crippen LogP contribution in [0.15, 0.2) is 36.4 Å². The van der Waals surface area contributed by atoms with Crippen molar-refractivity contribution in [2.75, 3.05) is 7.11 Å². The van der Waals surface area contributed by atoms with E-state index in [1.807, 2.05) is 19.9 Å².